The first-order chi connectivity index (χ1) is 14.1. The SMILES string of the molecule is N#Cc1ncc(CCCCC2(c3ccccn3)CCOC3(CCCC3)C2)cc1Cl. The minimum Gasteiger partial charge on any atom is -0.375 e. The van der Waals surface area contributed by atoms with Gasteiger partial charge in [0.2, 0.25) is 0 Å². The molecule has 1 aliphatic carbocycles. The lowest BCUT2D eigenvalue weighted by Gasteiger charge is -2.46. The zero-order valence-electron chi connectivity index (χ0n) is 16.9. The van der Waals surface area contributed by atoms with E-state index >= 15 is 0 Å². The first kappa shape index (κ1) is 20.3. The second-order valence-electron chi connectivity index (χ2n) is 8.65. The van der Waals surface area contributed by atoms with Crippen LogP contribution in [0.5, 0.6) is 0 Å². The number of nitrogens with zero attached hydrogens (tertiary/aromatic N) is 3. The smallest absolute Gasteiger partial charge is 0.159 e. The van der Waals surface area contributed by atoms with E-state index in [1.54, 1.807) is 6.20 Å². The van der Waals surface area contributed by atoms with Gasteiger partial charge >= 0.3 is 0 Å². The molecule has 0 N–H and O–H groups in total. The van der Waals surface area contributed by atoms with Crippen LogP contribution >= 0.6 is 11.6 Å². The number of halogens is 1. The van der Waals surface area contributed by atoms with E-state index in [9.17, 15) is 0 Å². The molecule has 5 heteroatoms. The lowest BCUT2D eigenvalue weighted by molar-refractivity contribution is -0.104. The van der Waals surface area contributed by atoms with E-state index in [1.165, 1.54) is 31.4 Å². The molecule has 1 saturated heterocycles. The van der Waals surface area contributed by atoms with Crippen LogP contribution in [0.4, 0.5) is 0 Å². The zero-order chi connectivity index (χ0) is 20.2. The monoisotopic (exact) mass is 409 g/mol. The van der Waals surface area contributed by atoms with Crippen molar-refractivity contribution in [1.29, 1.82) is 5.26 Å². The quantitative estimate of drug-likeness (QED) is 0.567. The average Bonchev–Trinajstić information content (AvgIpc) is 3.19. The van der Waals surface area contributed by atoms with Gasteiger partial charge in [-0.25, -0.2) is 4.98 Å². The van der Waals surface area contributed by atoms with Gasteiger partial charge in [-0.1, -0.05) is 36.9 Å². The Bertz CT molecular complexity index is 873. The molecule has 152 valence electrons. The number of hydrogen-bond donors (Lipinski definition) is 0. The summed E-state index contributed by atoms with van der Waals surface area (Å²) in [6, 6.07) is 10.2. The van der Waals surface area contributed by atoms with E-state index < -0.39 is 0 Å². The third-order valence-electron chi connectivity index (χ3n) is 6.75. The Morgan fingerprint density at radius 2 is 2.00 bits per heavy atom. The molecule has 2 aromatic rings. The van der Waals surface area contributed by atoms with Crippen LogP contribution in [0, 0.1) is 11.3 Å². The van der Waals surface area contributed by atoms with E-state index in [1.807, 2.05) is 24.4 Å². The van der Waals surface area contributed by atoms with Crippen LogP contribution in [0.1, 0.15) is 74.7 Å². The third kappa shape index (κ3) is 4.47. The highest BCUT2D eigenvalue weighted by molar-refractivity contribution is 6.31. The Balaban J connectivity index is 1.44. The highest BCUT2D eigenvalue weighted by Crippen LogP contribution is 2.50. The van der Waals surface area contributed by atoms with Crippen molar-refractivity contribution >= 4 is 11.6 Å². The number of ether oxygens (including phenoxy) is 1. The molecule has 1 unspecified atom stereocenters. The summed E-state index contributed by atoms with van der Waals surface area (Å²) < 4.78 is 6.34. The van der Waals surface area contributed by atoms with Crippen LogP contribution in [-0.2, 0) is 16.6 Å². The lowest BCUT2D eigenvalue weighted by Crippen LogP contribution is -2.46. The first-order valence-corrected chi connectivity index (χ1v) is 11.1. The number of aromatic nitrogens is 2. The van der Waals surface area contributed by atoms with Gasteiger partial charge in [-0.15, -0.1) is 0 Å². The fraction of sp³-hybridized carbons (Fsp3) is 0.542. The van der Waals surface area contributed by atoms with Gasteiger partial charge in [0.15, 0.2) is 5.69 Å². The van der Waals surface area contributed by atoms with Crippen molar-refractivity contribution in [2.75, 3.05) is 6.61 Å². The highest BCUT2D eigenvalue weighted by atomic mass is 35.5. The Kier molecular flexibility index (Phi) is 6.18. The maximum atomic E-state index is 8.98. The van der Waals surface area contributed by atoms with E-state index in [0.717, 1.165) is 50.7 Å². The normalized spacial score (nSPS) is 23.2. The van der Waals surface area contributed by atoms with Gasteiger partial charge < -0.3 is 4.74 Å². The Hall–Kier alpha value is -1.96. The topological polar surface area (TPSA) is 58.8 Å². The predicted octanol–water partition coefficient (Wildman–Crippen LogP) is 5.78. The molecule has 1 aliphatic heterocycles. The highest BCUT2D eigenvalue weighted by Gasteiger charge is 2.48. The Morgan fingerprint density at radius 1 is 1.14 bits per heavy atom. The Labute approximate surface area is 178 Å². The van der Waals surface area contributed by atoms with Crippen LogP contribution < -0.4 is 0 Å². The number of rotatable bonds is 6. The molecule has 0 radical (unpaired) electrons. The summed E-state index contributed by atoms with van der Waals surface area (Å²) in [4.78, 5) is 8.94. The second-order valence-corrected chi connectivity index (χ2v) is 9.06. The predicted molar refractivity (Wildman–Crippen MR) is 114 cm³/mol. The van der Waals surface area contributed by atoms with Crippen molar-refractivity contribution in [3.8, 4) is 6.07 Å². The molecule has 1 atom stereocenters. The molecule has 4 rings (SSSR count). The van der Waals surface area contributed by atoms with Gasteiger partial charge in [-0.05, 0) is 68.7 Å². The second kappa shape index (κ2) is 8.81. The molecular formula is C24H28ClN3O. The van der Waals surface area contributed by atoms with Crippen molar-refractivity contribution in [3.05, 3.63) is 58.6 Å². The fourth-order valence-corrected chi connectivity index (χ4v) is 5.52. The molecule has 1 spiro atoms. The van der Waals surface area contributed by atoms with E-state index in [4.69, 9.17) is 26.6 Å². The third-order valence-corrected chi connectivity index (χ3v) is 7.04. The maximum Gasteiger partial charge on any atom is 0.159 e. The summed E-state index contributed by atoms with van der Waals surface area (Å²) in [5.41, 5.74) is 2.82. The minimum atomic E-state index is 0.0698. The molecule has 0 bridgehead atoms. The van der Waals surface area contributed by atoms with Gasteiger partial charge in [0.1, 0.15) is 6.07 Å². The summed E-state index contributed by atoms with van der Waals surface area (Å²) in [7, 11) is 0. The van der Waals surface area contributed by atoms with Gasteiger partial charge in [-0.2, -0.15) is 5.26 Å². The van der Waals surface area contributed by atoms with Gasteiger partial charge in [-0.3, -0.25) is 4.98 Å². The van der Waals surface area contributed by atoms with Gasteiger partial charge in [0, 0.05) is 30.1 Å². The molecular weight excluding hydrogens is 382 g/mol. The van der Waals surface area contributed by atoms with Gasteiger partial charge in [0.25, 0.3) is 0 Å². The standard InChI is InChI=1S/C24H28ClN3O/c25-20-15-19(17-28-21(20)16-26)7-1-3-9-23(22-8-2-6-13-27-22)12-14-29-24(18-23)10-4-5-11-24/h2,6,8,13,15,17H,1,3-5,7,9-12,14,18H2. The number of hydrogen-bond acceptors (Lipinski definition) is 4. The molecule has 1 saturated carbocycles. The minimum absolute atomic E-state index is 0.0698. The zero-order valence-corrected chi connectivity index (χ0v) is 17.6. The molecule has 0 aromatic carbocycles. The lowest BCUT2D eigenvalue weighted by atomic mass is 9.67. The summed E-state index contributed by atoms with van der Waals surface area (Å²) in [6.45, 7) is 0.839. The van der Waals surface area contributed by atoms with Gasteiger partial charge in [0.05, 0.1) is 10.6 Å². The molecule has 0 amide bonds. The van der Waals surface area contributed by atoms with Crippen molar-refractivity contribution in [3.63, 3.8) is 0 Å². The van der Waals surface area contributed by atoms with E-state index in [2.05, 4.69) is 17.1 Å². The van der Waals surface area contributed by atoms with Crippen LogP contribution in [-0.4, -0.2) is 22.2 Å². The van der Waals surface area contributed by atoms with Crippen LogP contribution in [0.25, 0.3) is 0 Å². The largest absolute Gasteiger partial charge is 0.375 e. The van der Waals surface area contributed by atoms with Crippen molar-refractivity contribution in [2.45, 2.75) is 75.2 Å². The summed E-state index contributed by atoms with van der Waals surface area (Å²) in [5, 5.41) is 9.43. The van der Waals surface area contributed by atoms with E-state index in [-0.39, 0.29) is 11.0 Å². The van der Waals surface area contributed by atoms with Crippen molar-refractivity contribution in [1.82, 2.24) is 9.97 Å². The molecule has 3 heterocycles. The number of nitriles is 1. The Morgan fingerprint density at radius 3 is 2.72 bits per heavy atom. The molecule has 2 aromatic heterocycles. The van der Waals surface area contributed by atoms with Crippen molar-refractivity contribution < 1.29 is 4.74 Å². The van der Waals surface area contributed by atoms with Crippen LogP contribution in [0.2, 0.25) is 5.02 Å². The molecule has 2 aliphatic rings. The molecule has 2 fully saturated rings. The molecule has 4 nitrogen and oxygen atoms in total. The summed E-state index contributed by atoms with van der Waals surface area (Å²) in [5.74, 6) is 0. The van der Waals surface area contributed by atoms with Crippen molar-refractivity contribution in [2.24, 2.45) is 0 Å². The van der Waals surface area contributed by atoms with E-state index in [0.29, 0.717) is 10.7 Å². The summed E-state index contributed by atoms with van der Waals surface area (Å²) >= 11 is 6.13. The number of unbranched alkanes of at least 4 members (excludes halogenated alkanes) is 1. The summed E-state index contributed by atoms with van der Waals surface area (Å²) in [6.07, 6.45) is 15.1. The fourth-order valence-electron chi connectivity index (χ4n) is 5.29. The maximum absolute atomic E-state index is 8.98. The van der Waals surface area contributed by atoms with Crippen LogP contribution in [0.3, 0.4) is 0 Å². The number of pyridine rings is 2. The number of aryl methyl sites for hydroxylation is 1. The van der Waals surface area contributed by atoms with Crippen LogP contribution in [0.15, 0.2) is 36.7 Å². The first-order valence-electron chi connectivity index (χ1n) is 10.7. The molecule has 29 heavy (non-hydrogen) atoms. The average molecular weight is 410 g/mol.